The second-order valence-electron chi connectivity index (χ2n) is 8.27. The van der Waals surface area contributed by atoms with Gasteiger partial charge in [0.05, 0.1) is 18.0 Å². The van der Waals surface area contributed by atoms with E-state index in [9.17, 15) is 9.59 Å². The number of rotatable bonds is 4. The SMILES string of the molecule is C[C@H](C(=O)N[C@@H]1Cc2ccccc2C1NC(=O)OC(C)(C)C)c1ccccc1. The molecule has 0 fully saturated rings. The lowest BCUT2D eigenvalue weighted by molar-refractivity contribution is -0.123. The van der Waals surface area contributed by atoms with Crippen LogP contribution in [0.3, 0.4) is 0 Å². The van der Waals surface area contributed by atoms with Crippen LogP contribution in [0.25, 0.3) is 0 Å². The molecule has 0 aromatic heterocycles. The number of fused-ring (bicyclic) bond motifs is 1. The second kappa shape index (κ2) is 8.05. The number of hydrogen-bond donors (Lipinski definition) is 2. The van der Waals surface area contributed by atoms with Crippen molar-refractivity contribution in [1.29, 1.82) is 0 Å². The Labute approximate surface area is 166 Å². The maximum Gasteiger partial charge on any atom is 0.408 e. The smallest absolute Gasteiger partial charge is 0.408 e. The molecule has 3 atom stereocenters. The Morgan fingerprint density at radius 1 is 1.00 bits per heavy atom. The molecule has 2 amide bonds. The van der Waals surface area contributed by atoms with E-state index >= 15 is 0 Å². The van der Waals surface area contributed by atoms with Gasteiger partial charge in [0, 0.05) is 0 Å². The zero-order chi connectivity index (χ0) is 20.3. The average Bonchev–Trinajstić information content (AvgIpc) is 2.97. The van der Waals surface area contributed by atoms with E-state index in [1.807, 2.05) is 82.3 Å². The molecule has 1 unspecified atom stereocenters. The van der Waals surface area contributed by atoms with Crippen LogP contribution < -0.4 is 10.6 Å². The third kappa shape index (κ3) is 4.71. The Morgan fingerprint density at radius 3 is 2.32 bits per heavy atom. The van der Waals surface area contributed by atoms with Gasteiger partial charge in [0.25, 0.3) is 0 Å². The third-order valence-corrected chi connectivity index (χ3v) is 4.93. The van der Waals surface area contributed by atoms with Crippen LogP contribution in [0.5, 0.6) is 0 Å². The van der Waals surface area contributed by atoms with Gasteiger partial charge in [0.1, 0.15) is 5.60 Å². The summed E-state index contributed by atoms with van der Waals surface area (Å²) in [7, 11) is 0. The van der Waals surface area contributed by atoms with E-state index < -0.39 is 11.7 Å². The molecule has 28 heavy (non-hydrogen) atoms. The molecule has 5 nitrogen and oxygen atoms in total. The van der Waals surface area contributed by atoms with E-state index in [0.717, 1.165) is 16.7 Å². The van der Waals surface area contributed by atoms with Crippen LogP contribution in [-0.4, -0.2) is 23.6 Å². The van der Waals surface area contributed by atoms with Gasteiger partial charge >= 0.3 is 6.09 Å². The molecule has 3 rings (SSSR count). The van der Waals surface area contributed by atoms with Crippen LogP contribution in [-0.2, 0) is 16.0 Å². The van der Waals surface area contributed by atoms with Gasteiger partial charge in [-0.15, -0.1) is 0 Å². The molecule has 2 N–H and O–H groups in total. The number of benzene rings is 2. The molecule has 0 heterocycles. The monoisotopic (exact) mass is 380 g/mol. The van der Waals surface area contributed by atoms with Crippen LogP contribution in [0.1, 0.15) is 56.3 Å². The molecule has 1 aliphatic rings. The van der Waals surface area contributed by atoms with Gasteiger partial charge in [-0.1, -0.05) is 54.6 Å². The Morgan fingerprint density at radius 2 is 1.64 bits per heavy atom. The molecule has 2 aromatic carbocycles. The molecule has 0 radical (unpaired) electrons. The summed E-state index contributed by atoms with van der Waals surface area (Å²) in [4.78, 5) is 25.2. The molecular weight excluding hydrogens is 352 g/mol. The minimum atomic E-state index is -0.581. The van der Waals surface area contributed by atoms with Gasteiger partial charge in [0.15, 0.2) is 0 Å². The van der Waals surface area contributed by atoms with Crippen molar-refractivity contribution in [2.45, 2.75) is 57.7 Å². The largest absolute Gasteiger partial charge is 0.444 e. The van der Waals surface area contributed by atoms with Gasteiger partial charge < -0.3 is 15.4 Å². The van der Waals surface area contributed by atoms with Crippen molar-refractivity contribution in [3.05, 3.63) is 71.3 Å². The number of hydrogen-bond acceptors (Lipinski definition) is 3. The van der Waals surface area contributed by atoms with E-state index in [1.165, 1.54) is 0 Å². The van der Waals surface area contributed by atoms with E-state index in [1.54, 1.807) is 0 Å². The van der Waals surface area contributed by atoms with Crippen molar-refractivity contribution in [2.24, 2.45) is 0 Å². The fraction of sp³-hybridized carbons (Fsp3) is 0.391. The zero-order valence-corrected chi connectivity index (χ0v) is 16.9. The molecule has 0 bridgehead atoms. The number of ether oxygens (including phenoxy) is 1. The van der Waals surface area contributed by atoms with E-state index in [0.29, 0.717) is 6.42 Å². The number of nitrogens with one attached hydrogen (secondary N) is 2. The first-order valence-electron chi connectivity index (χ1n) is 9.67. The number of carbonyl (C=O) groups is 2. The summed E-state index contributed by atoms with van der Waals surface area (Å²) in [5.74, 6) is -0.327. The minimum Gasteiger partial charge on any atom is -0.444 e. The lowest BCUT2D eigenvalue weighted by Gasteiger charge is -2.26. The lowest BCUT2D eigenvalue weighted by Crippen LogP contribution is -2.46. The van der Waals surface area contributed by atoms with Gasteiger partial charge in [-0.05, 0) is 50.8 Å². The fourth-order valence-corrected chi connectivity index (χ4v) is 3.54. The molecule has 0 aliphatic heterocycles. The first-order valence-corrected chi connectivity index (χ1v) is 9.67. The Balaban J connectivity index is 1.75. The molecule has 0 saturated heterocycles. The highest BCUT2D eigenvalue weighted by Crippen LogP contribution is 2.32. The number of carbonyl (C=O) groups excluding carboxylic acids is 2. The summed E-state index contributed by atoms with van der Waals surface area (Å²) in [6.45, 7) is 7.38. The maximum absolute atomic E-state index is 12.9. The predicted octanol–water partition coefficient (Wildman–Crippen LogP) is 4.10. The highest BCUT2D eigenvalue weighted by atomic mass is 16.6. The van der Waals surface area contributed by atoms with E-state index in [2.05, 4.69) is 10.6 Å². The molecule has 1 aliphatic carbocycles. The topological polar surface area (TPSA) is 67.4 Å². The van der Waals surface area contributed by atoms with Gasteiger partial charge in [-0.25, -0.2) is 4.79 Å². The summed E-state index contributed by atoms with van der Waals surface area (Å²) >= 11 is 0. The Hall–Kier alpha value is -2.82. The highest BCUT2D eigenvalue weighted by Gasteiger charge is 2.36. The quantitative estimate of drug-likeness (QED) is 0.839. The fourth-order valence-electron chi connectivity index (χ4n) is 3.54. The van der Waals surface area contributed by atoms with Crippen molar-refractivity contribution in [2.75, 3.05) is 0 Å². The van der Waals surface area contributed by atoms with Crippen molar-refractivity contribution in [3.63, 3.8) is 0 Å². The van der Waals surface area contributed by atoms with Crippen LogP contribution >= 0.6 is 0 Å². The van der Waals surface area contributed by atoms with Crippen molar-refractivity contribution in [1.82, 2.24) is 10.6 Å². The van der Waals surface area contributed by atoms with Crippen molar-refractivity contribution >= 4 is 12.0 Å². The number of alkyl carbamates (subject to hydrolysis) is 1. The van der Waals surface area contributed by atoms with E-state index in [-0.39, 0.29) is 23.9 Å². The van der Waals surface area contributed by atoms with Crippen molar-refractivity contribution in [3.8, 4) is 0 Å². The Kier molecular flexibility index (Phi) is 5.73. The molecule has 0 saturated carbocycles. The van der Waals surface area contributed by atoms with Crippen LogP contribution in [0.2, 0.25) is 0 Å². The minimum absolute atomic E-state index is 0.0556. The average molecular weight is 380 g/mol. The van der Waals surface area contributed by atoms with Gasteiger partial charge in [-0.2, -0.15) is 0 Å². The van der Waals surface area contributed by atoms with Crippen molar-refractivity contribution < 1.29 is 14.3 Å². The van der Waals surface area contributed by atoms with Gasteiger partial charge in [-0.3, -0.25) is 4.79 Å². The second-order valence-corrected chi connectivity index (χ2v) is 8.27. The van der Waals surface area contributed by atoms with E-state index in [4.69, 9.17) is 4.74 Å². The highest BCUT2D eigenvalue weighted by molar-refractivity contribution is 5.83. The van der Waals surface area contributed by atoms with Gasteiger partial charge in [0.2, 0.25) is 5.91 Å². The maximum atomic E-state index is 12.9. The summed E-state index contributed by atoms with van der Waals surface area (Å²) in [5, 5.41) is 6.08. The van der Waals surface area contributed by atoms with Crippen LogP contribution in [0, 0.1) is 0 Å². The zero-order valence-electron chi connectivity index (χ0n) is 16.9. The first kappa shape index (κ1) is 19.9. The predicted molar refractivity (Wildman–Crippen MR) is 109 cm³/mol. The lowest BCUT2D eigenvalue weighted by atomic mass is 9.99. The molecule has 0 spiro atoms. The number of amides is 2. The van der Waals surface area contributed by atoms with Crippen LogP contribution in [0.15, 0.2) is 54.6 Å². The Bertz CT molecular complexity index is 842. The third-order valence-electron chi connectivity index (χ3n) is 4.93. The summed E-state index contributed by atoms with van der Waals surface area (Å²) in [5.41, 5.74) is 2.53. The van der Waals surface area contributed by atoms with Crippen LogP contribution in [0.4, 0.5) is 4.79 Å². The summed E-state index contributed by atoms with van der Waals surface area (Å²) in [6, 6.07) is 17.1. The normalized spacial score (nSPS) is 19.4. The summed E-state index contributed by atoms with van der Waals surface area (Å²) in [6.07, 6.45) is 0.189. The first-order chi connectivity index (χ1) is 13.2. The molecule has 148 valence electrons. The molecule has 2 aromatic rings. The molecular formula is C23H28N2O3. The standard InChI is InChI=1S/C23H28N2O3/c1-15(16-10-6-5-7-11-16)21(26)24-19-14-17-12-8-9-13-18(17)20(19)25-22(27)28-23(2,3)4/h5-13,15,19-20H,14H2,1-4H3,(H,24,26)(H,25,27)/t15-,19+,20?/m0/s1. The molecule has 5 heteroatoms. The summed E-state index contributed by atoms with van der Waals surface area (Å²) < 4.78 is 5.42.